The molecule has 1 aliphatic rings. The van der Waals surface area contributed by atoms with Gasteiger partial charge in [-0.3, -0.25) is 19.7 Å². The highest BCUT2D eigenvalue weighted by molar-refractivity contribution is 8.00. The van der Waals surface area contributed by atoms with Gasteiger partial charge in [-0.25, -0.2) is 0 Å². The maximum absolute atomic E-state index is 12.2. The third-order valence-electron chi connectivity index (χ3n) is 3.98. The van der Waals surface area contributed by atoms with Crippen LogP contribution in [-0.2, 0) is 9.59 Å². The van der Waals surface area contributed by atoms with Crippen LogP contribution in [0, 0.1) is 16.0 Å². The van der Waals surface area contributed by atoms with Crippen LogP contribution in [0.3, 0.4) is 0 Å². The van der Waals surface area contributed by atoms with Crippen LogP contribution in [0.2, 0.25) is 0 Å². The second-order valence-corrected chi connectivity index (χ2v) is 6.64. The lowest BCUT2D eigenvalue weighted by Crippen LogP contribution is -2.43. The van der Waals surface area contributed by atoms with Crippen LogP contribution in [0.25, 0.3) is 0 Å². The Morgan fingerprint density at radius 1 is 1.29 bits per heavy atom. The molecule has 0 bridgehead atoms. The van der Waals surface area contributed by atoms with Crippen molar-refractivity contribution in [3.63, 3.8) is 0 Å². The molecule has 0 radical (unpaired) electrons. The molecule has 8 heteroatoms. The maximum Gasteiger partial charge on any atom is 0.269 e. The number of rotatable bonds is 6. The molecule has 0 atom stereocenters. The Hall–Kier alpha value is -2.09. The van der Waals surface area contributed by atoms with Gasteiger partial charge in [0.2, 0.25) is 11.8 Å². The molecule has 0 unspecified atom stereocenters. The summed E-state index contributed by atoms with van der Waals surface area (Å²) in [5.74, 6) is 0.401. The number of piperidine rings is 1. The van der Waals surface area contributed by atoms with E-state index in [-0.39, 0.29) is 23.4 Å². The lowest BCUT2D eigenvalue weighted by Gasteiger charge is -2.31. The minimum atomic E-state index is -0.446. The minimum absolute atomic E-state index is 0.00340. The average Bonchev–Trinajstić information content (AvgIpc) is 2.60. The number of non-ortho nitro benzene ring substituents is 1. The molecule has 0 aliphatic carbocycles. The van der Waals surface area contributed by atoms with Gasteiger partial charge in [0.05, 0.1) is 10.7 Å². The second-order valence-electron chi connectivity index (χ2n) is 5.59. The zero-order valence-electron chi connectivity index (χ0n) is 13.6. The van der Waals surface area contributed by atoms with Gasteiger partial charge in [-0.1, -0.05) is 0 Å². The number of hydrogen-bond acceptors (Lipinski definition) is 5. The Balaban J connectivity index is 1.77. The van der Waals surface area contributed by atoms with Crippen molar-refractivity contribution < 1.29 is 14.5 Å². The maximum atomic E-state index is 12.2. The third-order valence-corrected chi connectivity index (χ3v) is 4.98. The molecular formula is C16H21N3O4S. The van der Waals surface area contributed by atoms with Gasteiger partial charge >= 0.3 is 0 Å². The van der Waals surface area contributed by atoms with Crippen LogP contribution < -0.4 is 5.32 Å². The Labute approximate surface area is 144 Å². The molecular weight excluding hydrogens is 330 g/mol. The number of nitrogens with zero attached hydrogens (tertiary/aromatic N) is 2. The summed E-state index contributed by atoms with van der Waals surface area (Å²) in [5.41, 5.74) is 0.0399. The van der Waals surface area contributed by atoms with Crippen LogP contribution in [0.4, 0.5) is 5.69 Å². The van der Waals surface area contributed by atoms with Crippen LogP contribution >= 0.6 is 11.8 Å². The predicted molar refractivity (Wildman–Crippen MR) is 91.8 cm³/mol. The molecule has 7 nitrogen and oxygen atoms in total. The molecule has 130 valence electrons. The van der Waals surface area contributed by atoms with E-state index in [1.807, 2.05) is 6.92 Å². The van der Waals surface area contributed by atoms with E-state index in [9.17, 15) is 19.7 Å². The van der Waals surface area contributed by atoms with Crippen LogP contribution in [-0.4, -0.2) is 47.0 Å². The molecule has 1 heterocycles. The molecule has 2 rings (SSSR count). The molecule has 2 amide bonds. The smallest absolute Gasteiger partial charge is 0.269 e. The topological polar surface area (TPSA) is 92.6 Å². The summed E-state index contributed by atoms with van der Waals surface area (Å²) in [6, 6.07) is 6.17. The minimum Gasteiger partial charge on any atom is -0.356 e. The van der Waals surface area contributed by atoms with Crippen LogP contribution in [0.15, 0.2) is 29.2 Å². The Morgan fingerprint density at radius 3 is 2.46 bits per heavy atom. The number of nitro benzene ring substituents is 1. The number of nitro groups is 1. The van der Waals surface area contributed by atoms with Crippen molar-refractivity contribution in [2.75, 3.05) is 25.4 Å². The first-order valence-electron chi connectivity index (χ1n) is 7.94. The van der Waals surface area contributed by atoms with Crippen molar-refractivity contribution in [1.82, 2.24) is 10.2 Å². The molecule has 0 aromatic heterocycles. The number of carbonyl (C=O) groups is 2. The molecule has 1 N–H and O–H groups in total. The third kappa shape index (κ3) is 4.95. The SMILES string of the molecule is CCNC(=O)C1CCN(C(=O)CSc2ccc([N+](=O)[O-])cc2)CC1. The molecule has 1 saturated heterocycles. The van der Waals surface area contributed by atoms with Crippen molar-refractivity contribution in [1.29, 1.82) is 0 Å². The van der Waals surface area contributed by atoms with Crippen molar-refractivity contribution in [3.05, 3.63) is 34.4 Å². The average molecular weight is 351 g/mol. The summed E-state index contributed by atoms with van der Waals surface area (Å²) < 4.78 is 0. The van der Waals surface area contributed by atoms with E-state index in [1.165, 1.54) is 23.9 Å². The molecule has 1 aromatic rings. The number of likely N-dealkylation sites (tertiary alicyclic amines) is 1. The molecule has 1 aromatic carbocycles. The van der Waals surface area contributed by atoms with Gasteiger partial charge in [0.25, 0.3) is 5.69 Å². The van der Waals surface area contributed by atoms with Crippen molar-refractivity contribution in [2.45, 2.75) is 24.7 Å². The number of benzene rings is 1. The summed E-state index contributed by atoms with van der Waals surface area (Å²) in [6.45, 7) is 3.72. The Bertz CT molecular complexity index is 598. The zero-order valence-corrected chi connectivity index (χ0v) is 14.4. The zero-order chi connectivity index (χ0) is 17.5. The first-order valence-corrected chi connectivity index (χ1v) is 8.92. The molecule has 1 aliphatic heterocycles. The van der Waals surface area contributed by atoms with E-state index >= 15 is 0 Å². The molecule has 0 spiro atoms. The number of nitrogens with one attached hydrogen (secondary N) is 1. The lowest BCUT2D eigenvalue weighted by atomic mass is 9.96. The van der Waals surface area contributed by atoms with E-state index in [0.717, 1.165) is 4.90 Å². The summed E-state index contributed by atoms with van der Waals surface area (Å²) in [7, 11) is 0. The number of amides is 2. The van der Waals surface area contributed by atoms with Crippen LogP contribution in [0.1, 0.15) is 19.8 Å². The van der Waals surface area contributed by atoms with E-state index in [2.05, 4.69) is 5.32 Å². The highest BCUT2D eigenvalue weighted by Crippen LogP contribution is 2.23. The van der Waals surface area contributed by atoms with E-state index in [0.29, 0.717) is 38.2 Å². The quantitative estimate of drug-likeness (QED) is 0.481. The molecule has 0 saturated carbocycles. The highest BCUT2D eigenvalue weighted by Gasteiger charge is 2.26. The highest BCUT2D eigenvalue weighted by atomic mass is 32.2. The normalized spacial score (nSPS) is 15.1. The van der Waals surface area contributed by atoms with Crippen molar-refractivity contribution >= 4 is 29.3 Å². The van der Waals surface area contributed by atoms with Crippen molar-refractivity contribution in [3.8, 4) is 0 Å². The Kier molecular flexibility index (Phi) is 6.60. The van der Waals surface area contributed by atoms with Crippen LogP contribution in [0.5, 0.6) is 0 Å². The van der Waals surface area contributed by atoms with Crippen molar-refractivity contribution in [2.24, 2.45) is 5.92 Å². The van der Waals surface area contributed by atoms with Gasteiger partial charge in [-0.2, -0.15) is 0 Å². The van der Waals surface area contributed by atoms with E-state index in [1.54, 1.807) is 17.0 Å². The van der Waals surface area contributed by atoms with Gasteiger partial charge in [-0.15, -0.1) is 11.8 Å². The fraction of sp³-hybridized carbons (Fsp3) is 0.500. The monoisotopic (exact) mass is 351 g/mol. The molecule has 24 heavy (non-hydrogen) atoms. The molecule has 1 fully saturated rings. The lowest BCUT2D eigenvalue weighted by molar-refractivity contribution is -0.384. The van der Waals surface area contributed by atoms with Gasteiger partial charge in [0.1, 0.15) is 0 Å². The Morgan fingerprint density at radius 2 is 1.92 bits per heavy atom. The summed E-state index contributed by atoms with van der Waals surface area (Å²) in [6.07, 6.45) is 1.39. The van der Waals surface area contributed by atoms with Gasteiger partial charge < -0.3 is 10.2 Å². The number of thioether (sulfide) groups is 1. The standard InChI is InChI=1S/C16H21N3O4S/c1-2-17-16(21)12-7-9-18(10-8-12)15(20)11-24-14-5-3-13(4-6-14)19(22)23/h3-6,12H,2,7-11H2,1H3,(H,17,21). The van der Waals surface area contributed by atoms with Gasteiger partial charge in [0, 0.05) is 42.6 Å². The number of carbonyl (C=O) groups excluding carboxylic acids is 2. The first kappa shape index (κ1) is 18.3. The van der Waals surface area contributed by atoms with Gasteiger partial charge in [0.15, 0.2) is 0 Å². The van der Waals surface area contributed by atoms with E-state index in [4.69, 9.17) is 0 Å². The summed E-state index contributed by atoms with van der Waals surface area (Å²) in [4.78, 5) is 36.8. The summed E-state index contributed by atoms with van der Waals surface area (Å²) in [5, 5.41) is 13.4. The van der Waals surface area contributed by atoms with E-state index < -0.39 is 4.92 Å². The fourth-order valence-electron chi connectivity index (χ4n) is 2.61. The van der Waals surface area contributed by atoms with Gasteiger partial charge in [-0.05, 0) is 31.9 Å². The second kappa shape index (κ2) is 8.68. The largest absolute Gasteiger partial charge is 0.356 e. The number of hydrogen-bond donors (Lipinski definition) is 1. The first-order chi connectivity index (χ1) is 11.5. The fourth-order valence-corrected chi connectivity index (χ4v) is 3.41. The summed E-state index contributed by atoms with van der Waals surface area (Å²) >= 11 is 1.36. The predicted octanol–water partition coefficient (Wildman–Crippen LogP) is 2.06.